The summed E-state index contributed by atoms with van der Waals surface area (Å²) in [5.41, 5.74) is 1.21. The zero-order valence-corrected chi connectivity index (χ0v) is 11.8. The fourth-order valence-corrected chi connectivity index (χ4v) is 3.96. The fraction of sp³-hybridized carbons (Fsp3) is 0.500. The van der Waals surface area contributed by atoms with Crippen molar-refractivity contribution in [2.24, 2.45) is 0 Å². The molecule has 0 radical (unpaired) electrons. The monoisotopic (exact) mass is 301 g/mol. The number of benzene rings is 1. The van der Waals surface area contributed by atoms with Gasteiger partial charge in [-0.2, -0.15) is 0 Å². The van der Waals surface area contributed by atoms with Crippen molar-refractivity contribution in [1.82, 2.24) is 5.32 Å². The van der Waals surface area contributed by atoms with Crippen molar-refractivity contribution in [3.8, 4) is 0 Å². The van der Waals surface area contributed by atoms with E-state index in [1.807, 2.05) is 12.1 Å². The molecule has 16 heavy (non-hydrogen) atoms. The van der Waals surface area contributed by atoms with E-state index in [1.54, 1.807) is 0 Å². The average molecular weight is 302 g/mol. The Morgan fingerprint density at radius 2 is 2.19 bits per heavy atom. The SMILES string of the molecule is CC1CS(=O)C(C)C(c2cccc(Br)c2)N1. The number of hydrogen-bond acceptors (Lipinski definition) is 2. The third-order valence-electron chi connectivity index (χ3n) is 2.97. The van der Waals surface area contributed by atoms with Gasteiger partial charge in [0.2, 0.25) is 0 Å². The second kappa shape index (κ2) is 4.98. The van der Waals surface area contributed by atoms with Crippen LogP contribution in [0.5, 0.6) is 0 Å². The highest BCUT2D eigenvalue weighted by Gasteiger charge is 2.31. The van der Waals surface area contributed by atoms with E-state index in [0.717, 1.165) is 10.2 Å². The maximum atomic E-state index is 11.9. The molecule has 0 aromatic heterocycles. The van der Waals surface area contributed by atoms with Crippen LogP contribution in [0.3, 0.4) is 0 Å². The largest absolute Gasteiger partial charge is 0.305 e. The molecule has 1 saturated heterocycles. The number of hydrogen-bond donors (Lipinski definition) is 1. The minimum atomic E-state index is -0.730. The molecule has 88 valence electrons. The molecule has 0 saturated carbocycles. The summed E-state index contributed by atoms with van der Waals surface area (Å²) < 4.78 is 13.0. The molecule has 1 fully saturated rings. The fourth-order valence-electron chi connectivity index (χ4n) is 2.11. The quantitative estimate of drug-likeness (QED) is 0.864. The standard InChI is InChI=1S/C12H16BrNOS/c1-8-7-16(15)9(2)12(14-8)10-4-3-5-11(13)6-10/h3-6,8-9,12,14H,7H2,1-2H3. The molecule has 1 heterocycles. The van der Waals surface area contributed by atoms with Gasteiger partial charge in [-0.1, -0.05) is 28.1 Å². The van der Waals surface area contributed by atoms with Gasteiger partial charge in [0.05, 0.1) is 5.25 Å². The summed E-state index contributed by atoms with van der Waals surface area (Å²) in [4.78, 5) is 0. The predicted octanol–water partition coefficient (Wildman–Crippen LogP) is 2.62. The van der Waals surface area contributed by atoms with E-state index in [2.05, 4.69) is 47.2 Å². The first-order valence-electron chi connectivity index (χ1n) is 5.46. The van der Waals surface area contributed by atoms with Gasteiger partial charge in [0.1, 0.15) is 0 Å². The lowest BCUT2D eigenvalue weighted by Gasteiger charge is -2.34. The Balaban J connectivity index is 2.28. The van der Waals surface area contributed by atoms with Crippen LogP contribution in [0.2, 0.25) is 0 Å². The third-order valence-corrected chi connectivity index (χ3v) is 5.39. The summed E-state index contributed by atoms with van der Waals surface area (Å²) in [6.45, 7) is 4.15. The van der Waals surface area contributed by atoms with Gasteiger partial charge in [0.25, 0.3) is 0 Å². The Labute approximate surface area is 107 Å². The van der Waals surface area contributed by atoms with Crippen LogP contribution in [0, 0.1) is 0 Å². The highest BCUT2D eigenvalue weighted by molar-refractivity contribution is 9.10. The molecule has 1 aliphatic rings. The third kappa shape index (κ3) is 2.55. The Hall–Kier alpha value is -0.190. The van der Waals surface area contributed by atoms with Crippen molar-refractivity contribution in [3.63, 3.8) is 0 Å². The molecule has 2 nitrogen and oxygen atoms in total. The average Bonchev–Trinajstić information content (AvgIpc) is 2.23. The van der Waals surface area contributed by atoms with E-state index in [-0.39, 0.29) is 11.3 Å². The summed E-state index contributed by atoms with van der Waals surface area (Å²) in [5.74, 6) is 0.756. The molecular formula is C12H16BrNOS. The molecule has 1 aromatic rings. The van der Waals surface area contributed by atoms with E-state index in [0.29, 0.717) is 6.04 Å². The predicted molar refractivity (Wildman–Crippen MR) is 72.0 cm³/mol. The van der Waals surface area contributed by atoms with Gasteiger partial charge < -0.3 is 5.32 Å². The van der Waals surface area contributed by atoms with Crippen LogP contribution in [0.1, 0.15) is 25.5 Å². The maximum Gasteiger partial charge on any atom is 0.0515 e. The molecule has 4 heteroatoms. The molecule has 0 amide bonds. The van der Waals surface area contributed by atoms with Crippen LogP contribution < -0.4 is 5.32 Å². The van der Waals surface area contributed by atoms with Crippen molar-refractivity contribution in [2.45, 2.75) is 31.2 Å². The van der Waals surface area contributed by atoms with Gasteiger partial charge in [-0.3, -0.25) is 4.21 Å². The lowest BCUT2D eigenvalue weighted by Crippen LogP contribution is -2.47. The molecule has 1 aromatic carbocycles. The van der Waals surface area contributed by atoms with E-state index in [4.69, 9.17) is 0 Å². The zero-order chi connectivity index (χ0) is 11.7. The smallest absolute Gasteiger partial charge is 0.0515 e. The van der Waals surface area contributed by atoms with Gasteiger partial charge >= 0.3 is 0 Å². The second-order valence-electron chi connectivity index (χ2n) is 4.35. The van der Waals surface area contributed by atoms with Crippen molar-refractivity contribution in [2.75, 3.05) is 5.75 Å². The van der Waals surface area contributed by atoms with Crippen LogP contribution in [0.15, 0.2) is 28.7 Å². The maximum absolute atomic E-state index is 11.9. The number of halogens is 1. The first-order chi connectivity index (χ1) is 7.58. The van der Waals surface area contributed by atoms with Gasteiger partial charge in [0.15, 0.2) is 0 Å². The van der Waals surface area contributed by atoms with Crippen molar-refractivity contribution in [1.29, 1.82) is 0 Å². The number of rotatable bonds is 1. The van der Waals surface area contributed by atoms with Crippen molar-refractivity contribution < 1.29 is 4.21 Å². The van der Waals surface area contributed by atoms with Gasteiger partial charge in [0, 0.05) is 33.1 Å². The van der Waals surface area contributed by atoms with Crippen molar-refractivity contribution >= 4 is 26.7 Å². The van der Waals surface area contributed by atoms with E-state index in [9.17, 15) is 4.21 Å². The summed E-state index contributed by atoms with van der Waals surface area (Å²) in [6.07, 6.45) is 0. The molecule has 0 aliphatic carbocycles. The Bertz CT molecular complexity index is 410. The minimum absolute atomic E-state index is 0.172. The zero-order valence-electron chi connectivity index (χ0n) is 9.44. The van der Waals surface area contributed by atoms with Crippen LogP contribution in [-0.4, -0.2) is 21.3 Å². The molecule has 1 aliphatic heterocycles. The highest BCUT2D eigenvalue weighted by Crippen LogP contribution is 2.27. The highest BCUT2D eigenvalue weighted by atomic mass is 79.9. The van der Waals surface area contributed by atoms with Gasteiger partial charge in [-0.05, 0) is 31.5 Å². The summed E-state index contributed by atoms with van der Waals surface area (Å²) >= 11 is 3.48. The molecule has 0 spiro atoms. The number of nitrogens with one attached hydrogen (secondary N) is 1. The van der Waals surface area contributed by atoms with E-state index in [1.165, 1.54) is 5.56 Å². The summed E-state index contributed by atoms with van der Waals surface area (Å²) in [6, 6.07) is 8.74. The van der Waals surface area contributed by atoms with Gasteiger partial charge in [-0.15, -0.1) is 0 Å². The summed E-state index contributed by atoms with van der Waals surface area (Å²) in [7, 11) is -0.730. The van der Waals surface area contributed by atoms with Crippen LogP contribution >= 0.6 is 15.9 Å². The molecule has 0 bridgehead atoms. The Kier molecular flexibility index (Phi) is 3.82. The minimum Gasteiger partial charge on any atom is -0.305 e. The first kappa shape index (κ1) is 12.3. The van der Waals surface area contributed by atoms with Crippen LogP contribution in [0.25, 0.3) is 0 Å². The Morgan fingerprint density at radius 1 is 1.44 bits per heavy atom. The van der Waals surface area contributed by atoms with Crippen LogP contribution in [0.4, 0.5) is 0 Å². The Morgan fingerprint density at radius 3 is 2.88 bits per heavy atom. The second-order valence-corrected chi connectivity index (χ2v) is 7.11. The lowest BCUT2D eigenvalue weighted by molar-refractivity contribution is 0.447. The van der Waals surface area contributed by atoms with E-state index < -0.39 is 10.8 Å². The van der Waals surface area contributed by atoms with Gasteiger partial charge in [-0.25, -0.2) is 0 Å². The molecule has 4 unspecified atom stereocenters. The molecule has 4 atom stereocenters. The molecule has 2 rings (SSSR count). The normalized spacial score (nSPS) is 34.9. The molecule has 1 N–H and O–H groups in total. The first-order valence-corrected chi connectivity index (χ1v) is 7.64. The van der Waals surface area contributed by atoms with E-state index >= 15 is 0 Å². The summed E-state index contributed by atoms with van der Waals surface area (Å²) in [5, 5.41) is 3.70. The van der Waals surface area contributed by atoms with Crippen molar-refractivity contribution in [3.05, 3.63) is 34.3 Å². The topological polar surface area (TPSA) is 29.1 Å². The molecular weight excluding hydrogens is 286 g/mol. The van der Waals surface area contributed by atoms with Crippen LogP contribution in [-0.2, 0) is 10.8 Å². The lowest BCUT2D eigenvalue weighted by atomic mass is 10.0.